The van der Waals surface area contributed by atoms with Crippen LogP contribution in [-0.2, 0) is 14.8 Å². The zero-order valence-corrected chi connectivity index (χ0v) is 22.9. The van der Waals surface area contributed by atoms with Gasteiger partial charge in [0, 0.05) is 41.2 Å². The molecule has 0 radical (unpaired) electrons. The fraction of sp³-hybridized carbons (Fsp3) is 0.185. The predicted octanol–water partition coefficient (Wildman–Crippen LogP) is 4.91. The number of sulfonamides is 1. The number of carbonyl (C=O) groups is 2. The second-order valence-corrected chi connectivity index (χ2v) is 11.6. The van der Waals surface area contributed by atoms with Crippen LogP contribution in [0, 0.1) is 0 Å². The molecule has 7 nitrogen and oxygen atoms in total. The van der Waals surface area contributed by atoms with Gasteiger partial charge in [-0.05, 0) is 72.3 Å². The van der Waals surface area contributed by atoms with Gasteiger partial charge >= 0.3 is 0 Å². The molecule has 0 spiro atoms. The Kier molecular flexibility index (Phi) is 8.81. The number of nitrogens with zero attached hydrogens (tertiary/aromatic N) is 2. The fourth-order valence-electron chi connectivity index (χ4n) is 3.73. The summed E-state index contributed by atoms with van der Waals surface area (Å²) in [5.41, 5.74) is 1.42. The van der Waals surface area contributed by atoms with Crippen molar-refractivity contribution in [1.29, 1.82) is 0 Å². The molecular weight excluding hydrogens is 580 g/mol. The van der Waals surface area contributed by atoms with Gasteiger partial charge in [-0.2, -0.15) is 4.31 Å². The Hall–Kier alpha value is -2.98. The third-order valence-electron chi connectivity index (χ3n) is 5.84. The summed E-state index contributed by atoms with van der Waals surface area (Å²) >= 11 is 9.23. The summed E-state index contributed by atoms with van der Waals surface area (Å²) in [6, 6.07) is 20.2. The minimum Gasteiger partial charge on any atom is -0.484 e. The molecule has 0 atom stereocenters. The van der Waals surface area contributed by atoms with Gasteiger partial charge in [-0.3, -0.25) is 9.59 Å². The monoisotopic (exact) mass is 602 g/mol. The molecule has 4 rings (SSSR count). The average Bonchev–Trinajstić information content (AvgIpc) is 2.92. The van der Waals surface area contributed by atoms with Gasteiger partial charge in [-0.1, -0.05) is 45.7 Å². The second-order valence-electron chi connectivity index (χ2n) is 8.30. The highest BCUT2D eigenvalue weighted by molar-refractivity contribution is 9.10. The van der Waals surface area contributed by atoms with E-state index >= 15 is 0 Å². The first kappa shape index (κ1) is 27.1. The van der Waals surface area contributed by atoms with Crippen LogP contribution in [0.25, 0.3) is 6.08 Å². The normalized spacial score (nSPS) is 14.6. The lowest BCUT2D eigenvalue weighted by Gasteiger charge is -2.34. The molecule has 3 aromatic carbocycles. The van der Waals surface area contributed by atoms with Crippen LogP contribution in [0.15, 0.2) is 88.2 Å². The van der Waals surface area contributed by atoms with Crippen LogP contribution in [0.2, 0.25) is 5.02 Å². The molecule has 1 heterocycles. The number of benzene rings is 3. The van der Waals surface area contributed by atoms with Crippen LogP contribution < -0.4 is 4.74 Å². The molecule has 0 N–H and O–H groups in total. The van der Waals surface area contributed by atoms with Gasteiger partial charge in [0.15, 0.2) is 12.4 Å². The molecule has 10 heteroatoms. The van der Waals surface area contributed by atoms with Crippen molar-refractivity contribution >= 4 is 55.3 Å². The largest absolute Gasteiger partial charge is 0.484 e. The quantitative estimate of drug-likeness (QED) is 0.270. The van der Waals surface area contributed by atoms with Crippen LogP contribution in [0.3, 0.4) is 0 Å². The minimum absolute atomic E-state index is 0.142. The van der Waals surface area contributed by atoms with Gasteiger partial charge in [-0.25, -0.2) is 8.42 Å². The van der Waals surface area contributed by atoms with Crippen molar-refractivity contribution in [1.82, 2.24) is 9.21 Å². The van der Waals surface area contributed by atoms with Crippen LogP contribution >= 0.6 is 27.5 Å². The molecule has 0 aromatic heterocycles. The van der Waals surface area contributed by atoms with E-state index in [1.165, 1.54) is 34.6 Å². The molecule has 1 amide bonds. The Balaban J connectivity index is 1.25. The van der Waals surface area contributed by atoms with E-state index in [-0.39, 0.29) is 49.4 Å². The number of piperazine rings is 1. The van der Waals surface area contributed by atoms with E-state index in [9.17, 15) is 18.0 Å². The van der Waals surface area contributed by atoms with E-state index in [0.717, 1.165) is 10.0 Å². The van der Waals surface area contributed by atoms with E-state index in [1.807, 2.05) is 24.3 Å². The molecule has 1 aliphatic heterocycles. The Morgan fingerprint density at radius 2 is 1.51 bits per heavy atom. The molecule has 192 valence electrons. The number of allylic oxidation sites excluding steroid dienone is 1. The van der Waals surface area contributed by atoms with E-state index in [0.29, 0.717) is 16.3 Å². The Morgan fingerprint density at radius 3 is 2.14 bits per heavy atom. The zero-order chi connectivity index (χ0) is 26.4. The molecule has 3 aromatic rings. The van der Waals surface area contributed by atoms with E-state index < -0.39 is 10.0 Å². The van der Waals surface area contributed by atoms with Crippen molar-refractivity contribution < 1.29 is 22.7 Å². The van der Waals surface area contributed by atoms with E-state index in [2.05, 4.69) is 15.9 Å². The predicted molar refractivity (Wildman–Crippen MR) is 146 cm³/mol. The van der Waals surface area contributed by atoms with Crippen molar-refractivity contribution in [2.75, 3.05) is 32.8 Å². The number of halogens is 2. The standard InChI is InChI=1S/C27H24BrClN2O5S/c28-22-6-1-20(2-7-22)3-14-26(32)21-4-10-24(11-5-21)36-19-27(33)30-15-17-31(18-16-30)37(34,35)25-12-8-23(29)9-13-25/h1-14H,15-19H2. The minimum atomic E-state index is -3.64. The molecule has 0 aliphatic carbocycles. The third kappa shape index (κ3) is 7.07. The lowest BCUT2D eigenvalue weighted by Crippen LogP contribution is -2.51. The molecule has 1 aliphatic rings. The Labute approximate surface area is 229 Å². The number of carbonyl (C=O) groups excluding carboxylic acids is 2. The van der Waals surface area contributed by atoms with Gasteiger partial charge < -0.3 is 9.64 Å². The lowest BCUT2D eigenvalue weighted by atomic mass is 10.1. The maximum atomic E-state index is 12.8. The number of ketones is 1. The number of rotatable bonds is 8. The summed E-state index contributed by atoms with van der Waals surface area (Å²) in [4.78, 5) is 26.8. The fourth-order valence-corrected chi connectivity index (χ4v) is 5.54. The summed E-state index contributed by atoms with van der Waals surface area (Å²) in [6.07, 6.45) is 3.26. The van der Waals surface area contributed by atoms with E-state index in [1.54, 1.807) is 35.2 Å². The van der Waals surface area contributed by atoms with Crippen LogP contribution in [0.4, 0.5) is 0 Å². The first-order chi connectivity index (χ1) is 17.7. The first-order valence-electron chi connectivity index (χ1n) is 11.5. The Bertz CT molecular complexity index is 1380. The summed E-state index contributed by atoms with van der Waals surface area (Å²) in [7, 11) is -3.64. The lowest BCUT2D eigenvalue weighted by molar-refractivity contribution is -0.134. The summed E-state index contributed by atoms with van der Waals surface area (Å²) in [6.45, 7) is 0.754. The SMILES string of the molecule is O=C(C=Cc1ccc(Br)cc1)c1ccc(OCC(=O)N2CCN(S(=O)(=O)c3ccc(Cl)cc3)CC2)cc1. The smallest absolute Gasteiger partial charge is 0.260 e. The van der Waals surface area contributed by atoms with Crippen molar-refractivity contribution in [3.63, 3.8) is 0 Å². The van der Waals surface area contributed by atoms with Crippen molar-refractivity contribution in [2.24, 2.45) is 0 Å². The van der Waals surface area contributed by atoms with Crippen LogP contribution in [0.5, 0.6) is 5.75 Å². The van der Waals surface area contributed by atoms with Crippen LogP contribution in [-0.4, -0.2) is 62.1 Å². The topological polar surface area (TPSA) is 84.0 Å². The van der Waals surface area contributed by atoms with Gasteiger partial charge in [0.1, 0.15) is 5.75 Å². The molecule has 0 bridgehead atoms. The number of hydrogen-bond acceptors (Lipinski definition) is 5. The van der Waals surface area contributed by atoms with Gasteiger partial charge in [0.05, 0.1) is 4.90 Å². The number of ether oxygens (including phenoxy) is 1. The van der Waals surface area contributed by atoms with Crippen LogP contribution in [0.1, 0.15) is 15.9 Å². The first-order valence-corrected chi connectivity index (χ1v) is 14.1. The summed E-state index contributed by atoms with van der Waals surface area (Å²) in [5, 5.41) is 0.462. The van der Waals surface area contributed by atoms with E-state index in [4.69, 9.17) is 16.3 Å². The summed E-state index contributed by atoms with van der Waals surface area (Å²) < 4.78 is 33.6. The third-order valence-corrected chi connectivity index (χ3v) is 8.53. The maximum absolute atomic E-state index is 12.8. The highest BCUT2D eigenvalue weighted by Gasteiger charge is 2.30. The van der Waals surface area contributed by atoms with Gasteiger partial charge in [0.25, 0.3) is 5.91 Å². The van der Waals surface area contributed by atoms with Crippen molar-refractivity contribution in [3.8, 4) is 5.75 Å². The molecular formula is C27H24BrClN2O5S. The number of hydrogen-bond donors (Lipinski definition) is 0. The Morgan fingerprint density at radius 1 is 0.892 bits per heavy atom. The molecule has 0 saturated carbocycles. The van der Waals surface area contributed by atoms with Gasteiger partial charge in [-0.15, -0.1) is 0 Å². The molecule has 1 fully saturated rings. The maximum Gasteiger partial charge on any atom is 0.260 e. The molecule has 1 saturated heterocycles. The summed E-state index contributed by atoms with van der Waals surface area (Å²) in [5.74, 6) is 0.0869. The highest BCUT2D eigenvalue weighted by atomic mass is 79.9. The van der Waals surface area contributed by atoms with Gasteiger partial charge in [0.2, 0.25) is 10.0 Å². The number of amides is 1. The van der Waals surface area contributed by atoms with Crippen molar-refractivity contribution in [2.45, 2.75) is 4.90 Å². The van der Waals surface area contributed by atoms with Crippen molar-refractivity contribution in [3.05, 3.63) is 99.5 Å². The average molecular weight is 604 g/mol. The molecule has 37 heavy (non-hydrogen) atoms. The second kappa shape index (κ2) is 12.0. The molecule has 0 unspecified atom stereocenters. The highest BCUT2D eigenvalue weighted by Crippen LogP contribution is 2.20. The zero-order valence-electron chi connectivity index (χ0n) is 19.7.